The van der Waals surface area contributed by atoms with Crippen LogP contribution in [0.5, 0.6) is 0 Å². The SMILES string of the molecule is O=C(O)c1ccc([C@@H]2C[C@@H]2c2ccccc2)c(C(=O)O)c1. The molecule has 0 amide bonds. The molecule has 0 unspecified atom stereocenters. The number of carbonyl (C=O) groups is 2. The van der Waals surface area contributed by atoms with Crippen LogP contribution in [-0.4, -0.2) is 22.2 Å². The van der Waals surface area contributed by atoms with Gasteiger partial charge in [0.25, 0.3) is 0 Å². The number of hydrogen-bond acceptors (Lipinski definition) is 2. The van der Waals surface area contributed by atoms with Crippen LogP contribution in [0.15, 0.2) is 48.5 Å². The molecule has 2 N–H and O–H groups in total. The molecule has 4 nitrogen and oxygen atoms in total. The third-order valence-electron chi connectivity index (χ3n) is 3.95. The first-order valence-corrected chi connectivity index (χ1v) is 6.73. The molecule has 0 saturated heterocycles. The van der Waals surface area contributed by atoms with Crippen LogP contribution in [0.4, 0.5) is 0 Å². The Morgan fingerprint density at radius 1 is 0.905 bits per heavy atom. The van der Waals surface area contributed by atoms with Crippen LogP contribution in [0.1, 0.15) is 50.1 Å². The summed E-state index contributed by atoms with van der Waals surface area (Å²) in [5.41, 5.74) is 2.02. The fraction of sp³-hybridized carbons (Fsp3) is 0.176. The molecule has 0 aromatic heterocycles. The first-order chi connectivity index (χ1) is 10.1. The predicted molar refractivity (Wildman–Crippen MR) is 76.9 cm³/mol. The topological polar surface area (TPSA) is 74.6 Å². The highest BCUT2D eigenvalue weighted by molar-refractivity contribution is 5.95. The highest BCUT2D eigenvalue weighted by Crippen LogP contribution is 2.55. The van der Waals surface area contributed by atoms with Gasteiger partial charge in [-0.1, -0.05) is 36.4 Å². The maximum absolute atomic E-state index is 11.4. The van der Waals surface area contributed by atoms with Gasteiger partial charge < -0.3 is 10.2 Å². The first kappa shape index (κ1) is 13.4. The second-order valence-electron chi connectivity index (χ2n) is 5.27. The molecule has 1 fully saturated rings. The van der Waals surface area contributed by atoms with E-state index in [0.717, 1.165) is 12.0 Å². The molecule has 1 aliphatic rings. The molecule has 21 heavy (non-hydrogen) atoms. The Hall–Kier alpha value is -2.62. The van der Waals surface area contributed by atoms with Crippen molar-refractivity contribution in [3.63, 3.8) is 0 Å². The van der Waals surface area contributed by atoms with Crippen LogP contribution in [0.25, 0.3) is 0 Å². The van der Waals surface area contributed by atoms with E-state index in [1.165, 1.54) is 17.7 Å². The van der Waals surface area contributed by atoms with Crippen molar-refractivity contribution in [3.8, 4) is 0 Å². The van der Waals surface area contributed by atoms with E-state index >= 15 is 0 Å². The molecule has 0 spiro atoms. The summed E-state index contributed by atoms with van der Waals surface area (Å²) in [5, 5.41) is 18.3. The summed E-state index contributed by atoms with van der Waals surface area (Å²) in [5.74, 6) is -1.72. The molecule has 0 heterocycles. The fourth-order valence-electron chi connectivity index (χ4n) is 2.81. The van der Waals surface area contributed by atoms with Crippen LogP contribution in [0.2, 0.25) is 0 Å². The Morgan fingerprint density at radius 2 is 1.62 bits per heavy atom. The summed E-state index contributed by atoms with van der Waals surface area (Å²) < 4.78 is 0. The zero-order valence-corrected chi connectivity index (χ0v) is 11.2. The Morgan fingerprint density at radius 3 is 2.24 bits per heavy atom. The molecule has 4 heteroatoms. The van der Waals surface area contributed by atoms with E-state index in [4.69, 9.17) is 5.11 Å². The van der Waals surface area contributed by atoms with E-state index in [-0.39, 0.29) is 17.0 Å². The van der Waals surface area contributed by atoms with E-state index in [2.05, 4.69) is 0 Å². The van der Waals surface area contributed by atoms with Crippen molar-refractivity contribution in [2.45, 2.75) is 18.3 Å². The second kappa shape index (κ2) is 5.05. The predicted octanol–water partition coefficient (Wildman–Crippen LogP) is 3.35. The number of carboxylic acid groups (broad SMARTS) is 2. The Labute approximate surface area is 121 Å². The normalized spacial score (nSPS) is 20.0. The monoisotopic (exact) mass is 282 g/mol. The lowest BCUT2D eigenvalue weighted by atomic mass is 9.97. The van der Waals surface area contributed by atoms with Crippen LogP contribution < -0.4 is 0 Å². The molecule has 1 saturated carbocycles. The van der Waals surface area contributed by atoms with Gasteiger partial charge in [0.2, 0.25) is 0 Å². The molecule has 0 bridgehead atoms. The van der Waals surface area contributed by atoms with Gasteiger partial charge in [-0.3, -0.25) is 0 Å². The summed E-state index contributed by atoms with van der Waals surface area (Å²) in [6.07, 6.45) is 0.900. The van der Waals surface area contributed by atoms with Crippen molar-refractivity contribution >= 4 is 11.9 Å². The van der Waals surface area contributed by atoms with E-state index in [1.54, 1.807) is 6.07 Å². The van der Waals surface area contributed by atoms with Gasteiger partial charge in [-0.15, -0.1) is 0 Å². The Bertz CT molecular complexity index is 706. The van der Waals surface area contributed by atoms with Crippen molar-refractivity contribution in [2.24, 2.45) is 0 Å². The Kier molecular flexibility index (Phi) is 3.22. The first-order valence-electron chi connectivity index (χ1n) is 6.73. The van der Waals surface area contributed by atoms with Crippen LogP contribution in [0.3, 0.4) is 0 Å². The minimum atomic E-state index is -1.11. The summed E-state index contributed by atoms with van der Waals surface area (Å²) in [6, 6.07) is 14.3. The van der Waals surface area contributed by atoms with Crippen molar-refractivity contribution in [1.29, 1.82) is 0 Å². The summed E-state index contributed by atoms with van der Waals surface area (Å²) in [4.78, 5) is 22.3. The van der Waals surface area contributed by atoms with E-state index in [9.17, 15) is 14.7 Å². The van der Waals surface area contributed by atoms with Crippen molar-refractivity contribution < 1.29 is 19.8 Å². The standard InChI is InChI=1S/C17H14O4/c18-16(19)11-6-7-12(15(8-11)17(20)21)14-9-13(14)10-4-2-1-3-5-10/h1-8,13-14H,9H2,(H,18,19)(H,20,21)/t13-,14+/m1/s1. The zero-order chi connectivity index (χ0) is 15.0. The van der Waals surface area contributed by atoms with Crippen LogP contribution >= 0.6 is 0 Å². The number of carboxylic acids is 2. The molecule has 1 aliphatic carbocycles. The lowest BCUT2D eigenvalue weighted by molar-refractivity contribution is 0.0695. The number of benzene rings is 2. The molecular formula is C17H14O4. The van der Waals surface area contributed by atoms with Gasteiger partial charge in [-0.05, 0) is 41.5 Å². The summed E-state index contributed by atoms with van der Waals surface area (Å²) in [6.45, 7) is 0. The third kappa shape index (κ3) is 2.52. The van der Waals surface area contributed by atoms with Crippen LogP contribution in [0, 0.1) is 0 Å². The van der Waals surface area contributed by atoms with E-state index in [0.29, 0.717) is 5.92 Å². The average molecular weight is 282 g/mol. The smallest absolute Gasteiger partial charge is 0.335 e. The molecular weight excluding hydrogens is 268 g/mol. The maximum atomic E-state index is 11.4. The molecule has 0 aliphatic heterocycles. The van der Waals surface area contributed by atoms with Crippen molar-refractivity contribution in [3.05, 3.63) is 70.8 Å². The number of aromatic carboxylic acids is 2. The van der Waals surface area contributed by atoms with Gasteiger partial charge in [0.1, 0.15) is 0 Å². The lowest BCUT2D eigenvalue weighted by Gasteiger charge is -2.07. The minimum absolute atomic E-state index is 0.00746. The van der Waals surface area contributed by atoms with Crippen LogP contribution in [-0.2, 0) is 0 Å². The quantitative estimate of drug-likeness (QED) is 0.901. The van der Waals surface area contributed by atoms with Gasteiger partial charge >= 0.3 is 11.9 Å². The lowest BCUT2D eigenvalue weighted by Crippen LogP contribution is -2.06. The Balaban J connectivity index is 1.93. The number of hydrogen-bond donors (Lipinski definition) is 2. The average Bonchev–Trinajstić information content (AvgIpc) is 3.27. The van der Waals surface area contributed by atoms with Gasteiger partial charge in [-0.25, -0.2) is 9.59 Å². The molecule has 2 aromatic rings. The van der Waals surface area contributed by atoms with Gasteiger partial charge in [-0.2, -0.15) is 0 Å². The highest BCUT2D eigenvalue weighted by Gasteiger charge is 2.41. The maximum Gasteiger partial charge on any atom is 0.335 e. The molecule has 2 atom stereocenters. The van der Waals surface area contributed by atoms with Gasteiger partial charge in [0.05, 0.1) is 11.1 Å². The van der Waals surface area contributed by atoms with Crippen molar-refractivity contribution in [1.82, 2.24) is 0 Å². The summed E-state index contributed by atoms with van der Waals surface area (Å²) in [7, 11) is 0. The van der Waals surface area contributed by atoms with Gasteiger partial charge in [0, 0.05) is 0 Å². The largest absolute Gasteiger partial charge is 0.478 e. The molecule has 106 valence electrons. The molecule has 3 rings (SSSR count). The second-order valence-corrected chi connectivity index (χ2v) is 5.27. The highest BCUT2D eigenvalue weighted by atomic mass is 16.4. The summed E-state index contributed by atoms with van der Waals surface area (Å²) >= 11 is 0. The fourth-order valence-corrected chi connectivity index (χ4v) is 2.81. The van der Waals surface area contributed by atoms with Gasteiger partial charge in [0.15, 0.2) is 0 Å². The van der Waals surface area contributed by atoms with E-state index in [1.807, 2.05) is 30.3 Å². The minimum Gasteiger partial charge on any atom is -0.478 e. The van der Waals surface area contributed by atoms with Crippen molar-refractivity contribution in [2.75, 3.05) is 0 Å². The van der Waals surface area contributed by atoms with E-state index < -0.39 is 11.9 Å². The molecule has 0 radical (unpaired) electrons. The molecule has 2 aromatic carbocycles. The number of rotatable bonds is 4. The zero-order valence-electron chi connectivity index (χ0n) is 11.2. The third-order valence-corrected chi connectivity index (χ3v) is 3.95.